The molecule has 106 valence electrons. The Kier molecular flexibility index (Phi) is 2.29. The third-order valence-corrected chi connectivity index (χ3v) is 5.13. The summed E-state index contributed by atoms with van der Waals surface area (Å²) in [5, 5.41) is 1.52. The van der Waals surface area contributed by atoms with E-state index >= 15 is 0 Å². The van der Waals surface area contributed by atoms with Gasteiger partial charge in [0, 0.05) is 22.9 Å². The summed E-state index contributed by atoms with van der Waals surface area (Å²) in [5.41, 5.74) is 5.43. The summed E-state index contributed by atoms with van der Waals surface area (Å²) in [5.74, 6) is 0.0118. The molecule has 0 saturated heterocycles. The van der Waals surface area contributed by atoms with Gasteiger partial charge in [-0.2, -0.15) is 0 Å². The van der Waals surface area contributed by atoms with Crippen LogP contribution in [0.25, 0.3) is 16.5 Å². The van der Waals surface area contributed by atoms with Crippen molar-refractivity contribution in [3.05, 3.63) is 76.5 Å². The molecule has 2 aromatic rings. The van der Waals surface area contributed by atoms with E-state index in [2.05, 4.69) is 41.0 Å². The summed E-state index contributed by atoms with van der Waals surface area (Å²) < 4.78 is 2.32. The number of aromatic nitrogens is 1. The van der Waals surface area contributed by atoms with Gasteiger partial charge in [0.15, 0.2) is 5.78 Å². The molecule has 2 aliphatic carbocycles. The van der Waals surface area contributed by atoms with Crippen LogP contribution >= 0.6 is 11.6 Å². The Labute approximate surface area is 132 Å². The Balaban J connectivity index is 1.99. The second-order valence-electron chi connectivity index (χ2n) is 5.88. The number of hydrogen-bond donors (Lipinski definition) is 0. The monoisotopic (exact) mass is 305 g/mol. The summed E-state index contributed by atoms with van der Waals surface area (Å²) in [6.07, 6.45) is 10.9. The molecule has 22 heavy (non-hydrogen) atoms. The van der Waals surface area contributed by atoms with Crippen LogP contribution in [-0.4, -0.2) is 10.4 Å². The molecule has 0 amide bonds. The Morgan fingerprint density at radius 3 is 2.95 bits per heavy atom. The molecule has 0 bridgehead atoms. The molecule has 0 N–H and O–H groups in total. The van der Waals surface area contributed by atoms with Gasteiger partial charge in [-0.1, -0.05) is 54.1 Å². The first-order valence-electron chi connectivity index (χ1n) is 7.37. The molecule has 2 nitrogen and oxygen atoms in total. The van der Waals surface area contributed by atoms with Gasteiger partial charge in [-0.05, 0) is 23.3 Å². The highest BCUT2D eigenvalue weighted by molar-refractivity contribution is 6.47. The van der Waals surface area contributed by atoms with Crippen molar-refractivity contribution < 1.29 is 4.79 Å². The molecule has 3 heteroatoms. The molecule has 1 unspecified atom stereocenters. The highest BCUT2D eigenvalue weighted by atomic mass is 35.5. The van der Waals surface area contributed by atoms with Crippen molar-refractivity contribution in [1.29, 1.82) is 0 Å². The Hall–Kier alpha value is -2.32. The minimum Gasteiger partial charge on any atom is -0.329 e. The number of hydrogen-bond acceptors (Lipinski definition) is 1. The third kappa shape index (κ3) is 1.38. The van der Waals surface area contributed by atoms with Crippen LogP contribution in [0.4, 0.5) is 0 Å². The van der Waals surface area contributed by atoms with E-state index < -0.39 is 0 Å². The molecular formula is C19H12ClNO. The van der Waals surface area contributed by atoms with Crippen LogP contribution < -0.4 is 0 Å². The summed E-state index contributed by atoms with van der Waals surface area (Å²) >= 11 is 6.36. The predicted octanol–water partition coefficient (Wildman–Crippen LogP) is 4.32. The van der Waals surface area contributed by atoms with Crippen molar-refractivity contribution >= 4 is 33.9 Å². The first-order chi connectivity index (χ1) is 10.8. The maximum atomic E-state index is 12.3. The van der Waals surface area contributed by atoms with E-state index in [1.807, 2.05) is 18.2 Å². The van der Waals surface area contributed by atoms with Crippen molar-refractivity contribution in [1.82, 2.24) is 4.57 Å². The first-order valence-corrected chi connectivity index (χ1v) is 7.75. The minimum atomic E-state index is 0.0118. The van der Waals surface area contributed by atoms with Crippen LogP contribution in [0.2, 0.25) is 0 Å². The summed E-state index contributed by atoms with van der Waals surface area (Å²) in [6.45, 7) is 0. The fourth-order valence-corrected chi connectivity index (χ4v) is 4.01. The average molecular weight is 306 g/mol. The normalized spacial score (nSPS) is 22.0. The van der Waals surface area contributed by atoms with Gasteiger partial charge < -0.3 is 4.57 Å². The van der Waals surface area contributed by atoms with Gasteiger partial charge >= 0.3 is 0 Å². The Morgan fingerprint density at radius 1 is 1.18 bits per heavy atom. The zero-order valence-electron chi connectivity index (χ0n) is 11.7. The van der Waals surface area contributed by atoms with Gasteiger partial charge in [0.25, 0.3) is 0 Å². The smallest absolute Gasteiger partial charge is 0.179 e. The van der Waals surface area contributed by atoms with Crippen molar-refractivity contribution in [3.63, 3.8) is 0 Å². The number of carbonyl (C=O) groups is 1. The molecule has 0 fully saturated rings. The molecule has 1 aliphatic heterocycles. The molecule has 1 aromatic carbocycles. The lowest BCUT2D eigenvalue weighted by atomic mass is 9.88. The number of carbonyl (C=O) groups excluding carboxylic acids is 1. The lowest BCUT2D eigenvalue weighted by molar-refractivity contribution is -0.114. The number of rotatable bonds is 0. The van der Waals surface area contributed by atoms with E-state index in [0.717, 1.165) is 22.2 Å². The van der Waals surface area contributed by atoms with Crippen LogP contribution in [0.5, 0.6) is 0 Å². The van der Waals surface area contributed by atoms with E-state index in [0.29, 0.717) is 11.5 Å². The highest BCUT2D eigenvalue weighted by Crippen LogP contribution is 2.46. The fraction of sp³-hybridized carbons (Fsp3) is 0.105. The number of allylic oxidation sites excluding steroid dienone is 8. The van der Waals surface area contributed by atoms with E-state index in [1.54, 1.807) is 0 Å². The minimum absolute atomic E-state index is 0.0118. The van der Waals surface area contributed by atoms with Gasteiger partial charge in [0.05, 0.1) is 16.8 Å². The van der Waals surface area contributed by atoms with Crippen LogP contribution in [-0.2, 0) is 11.2 Å². The van der Waals surface area contributed by atoms with Crippen molar-refractivity contribution in [2.24, 2.45) is 0 Å². The first kappa shape index (κ1) is 12.2. The Morgan fingerprint density at radius 2 is 2.05 bits per heavy atom. The van der Waals surface area contributed by atoms with Gasteiger partial charge in [0.1, 0.15) is 0 Å². The van der Waals surface area contributed by atoms with E-state index in [-0.39, 0.29) is 11.8 Å². The van der Waals surface area contributed by atoms with Crippen molar-refractivity contribution in [2.75, 3.05) is 0 Å². The topological polar surface area (TPSA) is 22.0 Å². The second kappa shape index (κ2) is 4.11. The van der Waals surface area contributed by atoms with Gasteiger partial charge in [0.2, 0.25) is 0 Å². The third-order valence-electron chi connectivity index (χ3n) is 4.71. The maximum Gasteiger partial charge on any atom is 0.179 e. The van der Waals surface area contributed by atoms with Crippen LogP contribution in [0.1, 0.15) is 17.3 Å². The highest BCUT2D eigenvalue weighted by Gasteiger charge is 2.35. The van der Waals surface area contributed by atoms with Gasteiger partial charge in [-0.3, -0.25) is 4.79 Å². The lowest BCUT2D eigenvalue weighted by Crippen LogP contribution is -2.21. The number of fused-ring (bicyclic) bond motifs is 5. The summed E-state index contributed by atoms with van der Waals surface area (Å²) in [7, 11) is 0. The van der Waals surface area contributed by atoms with Crippen LogP contribution in [0.3, 0.4) is 0 Å². The number of nitrogens with zero attached hydrogens (tertiary/aromatic N) is 1. The maximum absolute atomic E-state index is 12.3. The van der Waals surface area contributed by atoms with Gasteiger partial charge in [-0.25, -0.2) is 0 Å². The number of para-hydroxylation sites is 1. The quantitative estimate of drug-likeness (QED) is 0.710. The second-order valence-corrected chi connectivity index (χ2v) is 6.25. The largest absolute Gasteiger partial charge is 0.329 e. The zero-order chi connectivity index (χ0) is 14.8. The molecular weight excluding hydrogens is 294 g/mol. The summed E-state index contributed by atoms with van der Waals surface area (Å²) in [4.78, 5) is 12.3. The fourth-order valence-electron chi connectivity index (χ4n) is 3.80. The molecule has 0 spiro atoms. The molecule has 1 atom stereocenters. The number of Topliss-reactive ketones (excluding diaryl/α,β-unsaturated/α-hetero) is 1. The molecule has 3 aliphatic rings. The summed E-state index contributed by atoms with van der Waals surface area (Å²) in [6, 6.07) is 8.48. The van der Waals surface area contributed by atoms with Crippen molar-refractivity contribution in [2.45, 2.75) is 12.5 Å². The van der Waals surface area contributed by atoms with E-state index in [9.17, 15) is 4.79 Å². The lowest BCUT2D eigenvalue weighted by Gasteiger charge is -2.30. The van der Waals surface area contributed by atoms with E-state index in [1.165, 1.54) is 11.1 Å². The standard InChI is InChI=1S/C19H12ClNO/c20-18-14-9-11-5-1-3-7-15(11)21-16-8-4-2-6-12(16)13(19(14)21)10-17(18)22/h1-9,15H,10H2. The number of halogens is 1. The molecule has 5 rings (SSSR count). The molecule has 1 aromatic heterocycles. The van der Waals surface area contributed by atoms with E-state index in [4.69, 9.17) is 11.6 Å². The SMILES string of the molecule is O=C1Cc2c3n(c4ccccc24)C2C=CC=CC2=CC3=C1Cl. The van der Waals surface area contributed by atoms with Gasteiger partial charge in [-0.15, -0.1) is 0 Å². The Bertz CT molecular complexity index is 984. The molecule has 0 saturated carbocycles. The number of benzene rings is 1. The van der Waals surface area contributed by atoms with Crippen LogP contribution in [0, 0.1) is 0 Å². The van der Waals surface area contributed by atoms with Crippen molar-refractivity contribution in [3.8, 4) is 0 Å². The molecule has 2 heterocycles. The number of ketones is 1. The predicted molar refractivity (Wildman–Crippen MR) is 88.8 cm³/mol. The zero-order valence-corrected chi connectivity index (χ0v) is 12.5. The molecule has 0 radical (unpaired) electrons. The van der Waals surface area contributed by atoms with Crippen LogP contribution in [0.15, 0.2) is 65.3 Å². The average Bonchev–Trinajstić information content (AvgIpc) is 2.88.